The SMILES string of the molecule is C[C@@H]1CC[C@H](C)C1N. The second-order valence-electron chi connectivity index (χ2n) is 3.11. The Morgan fingerprint density at radius 2 is 1.50 bits per heavy atom. The molecule has 0 aromatic carbocycles. The maximum atomic E-state index is 5.82. The lowest BCUT2D eigenvalue weighted by Crippen LogP contribution is -2.27. The quantitative estimate of drug-likeness (QED) is 0.504. The third-order valence-electron chi connectivity index (χ3n) is 2.39. The molecule has 0 saturated heterocycles. The molecule has 1 rings (SSSR count). The fourth-order valence-electron chi connectivity index (χ4n) is 1.47. The van der Waals surface area contributed by atoms with E-state index in [0.717, 1.165) is 11.8 Å². The largest absolute Gasteiger partial charge is 0.327 e. The summed E-state index contributed by atoms with van der Waals surface area (Å²) in [6, 6.07) is 0.481. The van der Waals surface area contributed by atoms with E-state index in [1.165, 1.54) is 12.8 Å². The molecule has 0 heterocycles. The first-order valence-electron chi connectivity index (χ1n) is 3.47. The average Bonchev–Trinajstić information content (AvgIpc) is 1.98. The van der Waals surface area contributed by atoms with Gasteiger partial charge in [0.15, 0.2) is 0 Å². The third kappa shape index (κ3) is 0.873. The molecule has 1 heteroatoms. The van der Waals surface area contributed by atoms with Crippen molar-refractivity contribution in [2.24, 2.45) is 17.6 Å². The minimum absolute atomic E-state index is 0.481. The number of hydrogen-bond donors (Lipinski definition) is 1. The molecule has 1 fully saturated rings. The molecule has 1 aliphatic carbocycles. The Morgan fingerprint density at radius 1 is 1.12 bits per heavy atom. The Hall–Kier alpha value is -0.0400. The third-order valence-corrected chi connectivity index (χ3v) is 2.39. The molecule has 0 aromatic rings. The molecule has 3 atom stereocenters. The van der Waals surface area contributed by atoms with Gasteiger partial charge in [0, 0.05) is 6.04 Å². The number of rotatable bonds is 0. The maximum absolute atomic E-state index is 5.82. The van der Waals surface area contributed by atoms with Crippen molar-refractivity contribution in [2.45, 2.75) is 32.7 Å². The smallest absolute Gasteiger partial charge is 0.00903 e. The summed E-state index contributed by atoms with van der Waals surface area (Å²) in [5.41, 5.74) is 5.82. The van der Waals surface area contributed by atoms with Gasteiger partial charge in [-0.15, -0.1) is 0 Å². The molecular formula is C7H15N. The van der Waals surface area contributed by atoms with Gasteiger partial charge >= 0.3 is 0 Å². The number of hydrogen-bond acceptors (Lipinski definition) is 1. The van der Waals surface area contributed by atoms with E-state index < -0.39 is 0 Å². The van der Waals surface area contributed by atoms with Gasteiger partial charge in [0.25, 0.3) is 0 Å². The standard InChI is InChI=1S/C7H15N/c1-5-3-4-6(2)7(5)8/h5-7H,3-4,8H2,1-2H3/t5-,6+,7?. The van der Waals surface area contributed by atoms with Crippen LogP contribution in [-0.4, -0.2) is 6.04 Å². The van der Waals surface area contributed by atoms with Gasteiger partial charge in [0.05, 0.1) is 0 Å². The zero-order chi connectivity index (χ0) is 6.15. The first-order valence-corrected chi connectivity index (χ1v) is 3.47. The van der Waals surface area contributed by atoms with Crippen LogP contribution in [0.25, 0.3) is 0 Å². The van der Waals surface area contributed by atoms with Crippen LogP contribution < -0.4 is 5.73 Å². The lowest BCUT2D eigenvalue weighted by molar-refractivity contribution is 0.456. The molecule has 2 N–H and O–H groups in total. The molecule has 0 radical (unpaired) electrons. The predicted octanol–water partition coefficient (Wildman–Crippen LogP) is 1.38. The van der Waals surface area contributed by atoms with E-state index in [2.05, 4.69) is 13.8 Å². The van der Waals surface area contributed by atoms with Gasteiger partial charge in [0.2, 0.25) is 0 Å². The summed E-state index contributed by atoms with van der Waals surface area (Å²) in [5, 5.41) is 0. The molecule has 1 nitrogen and oxygen atoms in total. The summed E-state index contributed by atoms with van der Waals surface area (Å²) >= 11 is 0. The summed E-state index contributed by atoms with van der Waals surface area (Å²) in [5.74, 6) is 1.54. The molecule has 1 unspecified atom stereocenters. The molecular weight excluding hydrogens is 98.1 g/mol. The van der Waals surface area contributed by atoms with Crippen molar-refractivity contribution in [3.8, 4) is 0 Å². The fourth-order valence-corrected chi connectivity index (χ4v) is 1.47. The van der Waals surface area contributed by atoms with Gasteiger partial charge in [0.1, 0.15) is 0 Å². The zero-order valence-electron chi connectivity index (χ0n) is 5.72. The molecule has 1 saturated carbocycles. The number of nitrogens with two attached hydrogens (primary N) is 1. The van der Waals surface area contributed by atoms with Gasteiger partial charge in [-0.1, -0.05) is 13.8 Å². The van der Waals surface area contributed by atoms with Crippen molar-refractivity contribution in [1.82, 2.24) is 0 Å². The van der Waals surface area contributed by atoms with E-state index in [0.29, 0.717) is 6.04 Å². The van der Waals surface area contributed by atoms with Gasteiger partial charge in [-0.25, -0.2) is 0 Å². The molecule has 1 aliphatic rings. The average molecular weight is 113 g/mol. The second kappa shape index (κ2) is 2.06. The fraction of sp³-hybridized carbons (Fsp3) is 1.00. The van der Waals surface area contributed by atoms with E-state index in [4.69, 9.17) is 5.73 Å². The van der Waals surface area contributed by atoms with Crippen molar-refractivity contribution in [3.05, 3.63) is 0 Å². The van der Waals surface area contributed by atoms with Crippen LogP contribution in [0.2, 0.25) is 0 Å². The highest BCUT2D eigenvalue weighted by Gasteiger charge is 2.26. The Balaban J connectivity index is 2.44. The van der Waals surface area contributed by atoms with E-state index in [-0.39, 0.29) is 0 Å². The van der Waals surface area contributed by atoms with Crippen LogP contribution in [0.3, 0.4) is 0 Å². The highest BCUT2D eigenvalue weighted by atomic mass is 14.7. The van der Waals surface area contributed by atoms with E-state index in [1.807, 2.05) is 0 Å². The first kappa shape index (κ1) is 6.09. The highest BCUT2D eigenvalue weighted by Crippen LogP contribution is 2.28. The van der Waals surface area contributed by atoms with Crippen molar-refractivity contribution >= 4 is 0 Å². The normalized spacial score (nSPS) is 47.6. The summed E-state index contributed by atoms with van der Waals surface area (Å²) in [6.07, 6.45) is 2.67. The summed E-state index contributed by atoms with van der Waals surface area (Å²) < 4.78 is 0. The van der Waals surface area contributed by atoms with Crippen LogP contribution in [0, 0.1) is 11.8 Å². The van der Waals surface area contributed by atoms with E-state index >= 15 is 0 Å². The summed E-state index contributed by atoms with van der Waals surface area (Å²) in [7, 11) is 0. The topological polar surface area (TPSA) is 26.0 Å². The molecule has 0 spiro atoms. The maximum Gasteiger partial charge on any atom is 0.00903 e. The molecule has 0 aliphatic heterocycles. The minimum atomic E-state index is 0.481. The van der Waals surface area contributed by atoms with Crippen molar-refractivity contribution in [3.63, 3.8) is 0 Å². The summed E-state index contributed by atoms with van der Waals surface area (Å²) in [4.78, 5) is 0. The van der Waals surface area contributed by atoms with Crippen LogP contribution >= 0.6 is 0 Å². The molecule has 0 aromatic heterocycles. The van der Waals surface area contributed by atoms with Gasteiger partial charge in [-0.3, -0.25) is 0 Å². The van der Waals surface area contributed by atoms with Gasteiger partial charge in [-0.2, -0.15) is 0 Å². The summed E-state index contributed by atoms with van der Waals surface area (Å²) in [6.45, 7) is 4.49. The van der Waals surface area contributed by atoms with Gasteiger partial charge < -0.3 is 5.73 Å². The Morgan fingerprint density at radius 3 is 1.62 bits per heavy atom. The molecule has 48 valence electrons. The minimum Gasteiger partial charge on any atom is -0.327 e. The first-order chi connectivity index (χ1) is 3.72. The van der Waals surface area contributed by atoms with Crippen LogP contribution in [0.5, 0.6) is 0 Å². The molecule has 0 bridgehead atoms. The monoisotopic (exact) mass is 113 g/mol. The molecule has 0 amide bonds. The van der Waals surface area contributed by atoms with Crippen LogP contribution in [0.4, 0.5) is 0 Å². The predicted molar refractivity (Wildman–Crippen MR) is 35.5 cm³/mol. The van der Waals surface area contributed by atoms with Crippen LogP contribution in [0.15, 0.2) is 0 Å². The van der Waals surface area contributed by atoms with Crippen LogP contribution in [0.1, 0.15) is 26.7 Å². The second-order valence-corrected chi connectivity index (χ2v) is 3.11. The Bertz CT molecular complexity index is 70.5. The van der Waals surface area contributed by atoms with Crippen molar-refractivity contribution in [2.75, 3.05) is 0 Å². The van der Waals surface area contributed by atoms with E-state index in [9.17, 15) is 0 Å². The highest BCUT2D eigenvalue weighted by molar-refractivity contribution is 4.82. The lowest BCUT2D eigenvalue weighted by Gasteiger charge is -2.12. The molecule has 8 heavy (non-hydrogen) atoms. The van der Waals surface area contributed by atoms with Crippen molar-refractivity contribution < 1.29 is 0 Å². The zero-order valence-corrected chi connectivity index (χ0v) is 5.72. The Kier molecular flexibility index (Phi) is 1.57. The van der Waals surface area contributed by atoms with Crippen molar-refractivity contribution in [1.29, 1.82) is 0 Å². The Labute approximate surface area is 51.3 Å². The van der Waals surface area contributed by atoms with Gasteiger partial charge in [-0.05, 0) is 24.7 Å². The van der Waals surface area contributed by atoms with Crippen LogP contribution in [-0.2, 0) is 0 Å². The lowest BCUT2D eigenvalue weighted by atomic mass is 10.0. The van der Waals surface area contributed by atoms with E-state index in [1.54, 1.807) is 0 Å².